The third kappa shape index (κ3) is 5.67. The van der Waals surface area contributed by atoms with Crippen LogP contribution in [0, 0.1) is 0 Å². The molecule has 0 saturated carbocycles. The van der Waals surface area contributed by atoms with E-state index >= 15 is 0 Å². The monoisotopic (exact) mass is 332 g/mol. The molecule has 2 aromatic carbocycles. The molecular formula is C17H20N2O3S. The molecule has 0 atom stereocenters. The van der Waals surface area contributed by atoms with Gasteiger partial charge in [0.05, 0.1) is 20.8 Å². The highest BCUT2D eigenvalue weighted by Crippen LogP contribution is 2.17. The SMILES string of the molecule is COc1ccc(OCCNC(=S)Nc2cccc(OC)c2)cc1. The molecule has 0 fully saturated rings. The fraction of sp³-hybridized carbons (Fsp3) is 0.235. The highest BCUT2D eigenvalue weighted by molar-refractivity contribution is 7.80. The summed E-state index contributed by atoms with van der Waals surface area (Å²) in [5, 5.41) is 6.73. The first-order valence-electron chi connectivity index (χ1n) is 7.17. The molecule has 0 heterocycles. The van der Waals surface area contributed by atoms with Gasteiger partial charge in [-0.05, 0) is 48.6 Å². The summed E-state index contributed by atoms with van der Waals surface area (Å²) in [6, 6.07) is 15.0. The Morgan fingerprint density at radius 2 is 1.65 bits per heavy atom. The molecule has 0 aliphatic heterocycles. The molecule has 0 aliphatic rings. The van der Waals surface area contributed by atoms with Gasteiger partial charge in [-0.1, -0.05) is 6.07 Å². The van der Waals surface area contributed by atoms with E-state index in [1.807, 2.05) is 48.5 Å². The first-order valence-corrected chi connectivity index (χ1v) is 7.58. The first-order chi connectivity index (χ1) is 11.2. The van der Waals surface area contributed by atoms with Crippen LogP contribution in [0.2, 0.25) is 0 Å². The molecule has 6 heteroatoms. The van der Waals surface area contributed by atoms with Crippen LogP contribution < -0.4 is 24.8 Å². The largest absolute Gasteiger partial charge is 0.497 e. The summed E-state index contributed by atoms with van der Waals surface area (Å²) < 4.78 is 15.9. The molecule has 2 rings (SSSR count). The minimum atomic E-state index is 0.506. The van der Waals surface area contributed by atoms with Gasteiger partial charge in [0.1, 0.15) is 23.9 Å². The molecule has 0 spiro atoms. The zero-order valence-electron chi connectivity index (χ0n) is 13.2. The molecule has 0 saturated heterocycles. The Morgan fingerprint density at radius 1 is 0.957 bits per heavy atom. The van der Waals surface area contributed by atoms with Crippen LogP contribution in [0.4, 0.5) is 5.69 Å². The van der Waals surface area contributed by atoms with Crippen molar-refractivity contribution in [2.24, 2.45) is 0 Å². The first kappa shape index (κ1) is 16.9. The van der Waals surface area contributed by atoms with Crippen LogP contribution in [0.25, 0.3) is 0 Å². The van der Waals surface area contributed by atoms with Crippen LogP contribution in [0.5, 0.6) is 17.2 Å². The van der Waals surface area contributed by atoms with Gasteiger partial charge in [-0.2, -0.15) is 0 Å². The number of ether oxygens (including phenoxy) is 3. The fourth-order valence-electron chi connectivity index (χ4n) is 1.88. The topological polar surface area (TPSA) is 51.8 Å². The van der Waals surface area contributed by atoms with Crippen molar-refractivity contribution in [3.63, 3.8) is 0 Å². The van der Waals surface area contributed by atoms with E-state index in [2.05, 4.69) is 10.6 Å². The van der Waals surface area contributed by atoms with Gasteiger partial charge in [0.2, 0.25) is 0 Å². The molecule has 2 N–H and O–H groups in total. The third-order valence-electron chi connectivity index (χ3n) is 3.04. The number of rotatable bonds is 7. The highest BCUT2D eigenvalue weighted by atomic mass is 32.1. The molecule has 0 aromatic heterocycles. The number of benzene rings is 2. The lowest BCUT2D eigenvalue weighted by atomic mass is 10.3. The maximum absolute atomic E-state index is 5.62. The fourth-order valence-corrected chi connectivity index (χ4v) is 2.10. The Kier molecular flexibility index (Phi) is 6.50. The predicted molar refractivity (Wildman–Crippen MR) is 95.7 cm³/mol. The Hall–Kier alpha value is -2.47. The number of thiocarbonyl (C=S) groups is 1. The quantitative estimate of drug-likeness (QED) is 0.600. The molecule has 0 radical (unpaired) electrons. The predicted octanol–water partition coefficient (Wildman–Crippen LogP) is 3.07. The van der Waals surface area contributed by atoms with Crippen LogP contribution in [0.15, 0.2) is 48.5 Å². The van der Waals surface area contributed by atoms with Gasteiger partial charge < -0.3 is 24.8 Å². The van der Waals surface area contributed by atoms with Crippen LogP contribution >= 0.6 is 12.2 Å². The minimum absolute atomic E-state index is 0.506. The van der Waals surface area contributed by atoms with Crippen molar-refractivity contribution in [2.75, 3.05) is 32.7 Å². The second kappa shape index (κ2) is 8.85. The molecule has 23 heavy (non-hydrogen) atoms. The number of nitrogens with one attached hydrogen (secondary N) is 2. The van der Waals surface area contributed by atoms with Gasteiger partial charge in [0, 0.05) is 11.8 Å². The van der Waals surface area contributed by atoms with E-state index in [0.717, 1.165) is 22.9 Å². The van der Waals surface area contributed by atoms with Crippen molar-refractivity contribution in [2.45, 2.75) is 0 Å². The summed E-state index contributed by atoms with van der Waals surface area (Å²) in [5.41, 5.74) is 0.873. The molecule has 0 aliphatic carbocycles. The standard InChI is InChI=1S/C17H20N2O3S/c1-20-14-6-8-15(9-7-14)22-11-10-18-17(23)19-13-4-3-5-16(12-13)21-2/h3-9,12H,10-11H2,1-2H3,(H2,18,19,23). The van der Waals surface area contributed by atoms with Crippen molar-refractivity contribution in [3.05, 3.63) is 48.5 Å². The van der Waals surface area contributed by atoms with E-state index in [-0.39, 0.29) is 0 Å². The van der Waals surface area contributed by atoms with Crippen LogP contribution in [0.1, 0.15) is 0 Å². The molecule has 0 unspecified atom stereocenters. The van der Waals surface area contributed by atoms with E-state index < -0.39 is 0 Å². The Labute approximate surface area is 141 Å². The zero-order chi connectivity index (χ0) is 16.5. The summed E-state index contributed by atoms with van der Waals surface area (Å²) in [7, 11) is 3.27. The number of anilines is 1. The number of hydrogen-bond donors (Lipinski definition) is 2. The molecule has 0 amide bonds. The number of methoxy groups -OCH3 is 2. The molecular weight excluding hydrogens is 312 g/mol. The van der Waals surface area contributed by atoms with Crippen molar-refractivity contribution >= 4 is 23.0 Å². The third-order valence-corrected chi connectivity index (χ3v) is 3.29. The molecule has 0 bridgehead atoms. The smallest absolute Gasteiger partial charge is 0.170 e. The van der Waals surface area contributed by atoms with E-state index in [4.69, 9.17) is 26.4 Å². The van der Waals surface area contributed by atoms with E-state index in [1.54, 1.807) is 14.2 Å². The van der Waals surface area contributed by atoms with Crippen molar-refractivity contribution in [1.82, 2.24) is 5.32 Å². The van der Waals surface area contributed by atoms with Gasteiger partial charge in [-0.3, -0.25) is 0 Å². The van der Waals surface area contributed by atoms with Gasteiger partial charge in [0.15, 0.2) is 5.11 Å². The molecule has 122 valence electrons. The lowest BCUT2D eigenvalue weighted by Crippen LogP contribution is -2.31. The van der Waals surface area contributed by atoms with Gasteiger partial charge in [0.25, 0.3) is 0 Å². The lowest BCUT2D eigenvalue weighted by Gasteiger charge is -2.12. The Balaban J connectivity index is 1.69. The zero-order valence-corrected chi connectivity index (χ0v) is 14.0. The Bertz CT molecular complexity index is 632. The maximum Gasteiger partial charge on any atom is 0.170 e. The Morgan fingerprint density at radius 3 is 2.35 bits per heavy atom. The van der Waals surface area contributed by atoms with E-state index in [0.29, 0.717) is 18.3 Å². The van der Waals surface area contributed by atoms with E-state index in [1.165, 1.54) is 0 Å². The summed E-state index contributed by atoms with van der Waals surface area (Å²) in [6.45, 7) is 1.11. The van der Waals surface area contributed by atoms with Crippen molar-refractivity contribution < 1.29 is 14.2 Å². The van der Waals surface area contributed by atoms with Gasteiger partial charge >= 0.3 is 0 Å². The van der Waals surface area contributed by atoms with Crippen LogP contribution in [0.3, 0.4) is 0 Å². The summed E-state index contributed by atoms with van der Waals surface area (Å²) in [4.78, 5) is 0. The molecule has 2 aromatic rings. The van der Waals surface area contributed by atoms with Crippen LogP contribution in [-0.4, -0.2) is 32.5 Å². The summed E-state index contributed by atoms with van der Waals surface area (Å²) >= 11 is 5.24. The maximum atomic E-state index is 5.62. The van der Waals surface area contributed by atoms with Crippen molar-refractivity contribution in [3.8, 4) is 17.2 Å². The average Bonchev–Trinajstić information content (AvgIpc) is 2.59. The van der Waals surface area contributed by atoms with Gasteiger partial charge in [-0.15, -0.1) is 0 Å². The second-order valence-corrected chi connectivity index (χ2v) is 5.05. The second-order valence-electron chi connectivity index (χ2n) is 4.64. The average molecular weight is 332 g/mol. The van der Waals surface area contributed by atoms with Crippen LogP contribution in [-0.2, 0) is 0 Å². The highest BCUT2D eigenvalue weighted by Gasteiger charge is 2.00. The molecule has 5 nitrogen and oxygen atoms in total. The summed E-state index contributed by atoms with van der Waals surface area (Å²) in [5.74, 6) is 2.37. The van der Waals surface area contributed by atoms with E-state index in [9.17, 15) is 0 Å². The van der Waals surface area contributed by atoms with Crippen molar-refractivity contribution in [1.29, 1.82) is 0 Å². The normalized spacial score (nSPS) is 9.83. The number of hydrogen-bond acceptors (Lipinski definition) is 4. The summed E-state index contributed by atoms with van der Waals surface area (Å²) in [6.07, 6.45) is 0. The minimum Gasteiger partial charge on any atom is -0.497 e. The van der Waals surface area contributed by atoms with Gasteiger partial charge in [-0.25, -0.2) is 0 Å². The lowest BCUT2D eigenvalue weighted by molar-refractivity contribution is 0.322.